The first kappa shape index (κ1) is 10.3. The predicted molar refractivity (Wildman–Crippen MR) is 66.2 cm³/mol. The van der Waals surface area contributed by atoms with Crippen molar-refractivity contribution >= 4 is 11.4 Å². The first-order valence-corrected chi connectivity index (χ1v) is 5.78. The summed E-state index contributed by atoms with van der Waals surface area (Å²) in [7, 11) is 0. The molecule has 0 aliphatic carbocycles. The third-order valence-corrected chi connectivity index (χ3v) is 3.22. The Morgan fingerprint density at radius 3 is 2.87 bits per heavy atom. The van der Waals surface area contributed by atoms with Gasteiger partial charge in [-0.3, -0.25) is 0 Å². The molecule has 0 saturated carbocycles. The Labute approximate surface area is 92.1 Å². The van der Waals surface area contributed by atoms with Crippen molar-refractivity contribution in [2.75, 3.05) is 23.7 Å². The number of hydrogen-bond donors (Lipinski definition) is 1. The molecule has 1 fully saturated rings. The number of rotatable bonds is 1. The van der Waals surface area contributed by atoms with Crippen molar-refractivity contribution in [3.05, 3.63) is 23.8 Å². The zero-order chi connectivity index (χ0) is 10.8. The molecule has 82 valence electrons. The molecule has 1 aromatic carbocycles. The van der Waals surface area contributed by atoms with Gasteiger partial charge in [0.2, 0.25) is 0 Å². The monoisotopic (exact) mass is 204 g/mol. The van der Waals surface area contributed by atoms with Gasteiger partial charge in [0.05, 0.1) is 0 Å². The molecule has 2 heteroatoms. The number of hydrogen-bond acceptors (Lipinski definition) is 2. The minimum absolute atomic E-state index is 0.815. The normalized spacial score (nSPS) is 21.7. The van der Waals surface area contributed by atoms with E-state index in [-0.39, 0.29) is 0 Å². The molecular formula is C13H20N2. The lowest BCUT2D eigenvalue weighted by molar-refractivity contribution is 0.446. The standard InChI is InChI=1S/C13H20N2/c1-10-4-3-7-15(9-10)13-6-5-12(14)8-11(13)2/h5-6,8,10H,3-4,7,9,14H2,1-2H3/t10-/m0/s1. The molecule has 0 spiro atoms. The second-order valence-electron chi connectivity index (χ2n) is 4.74. The highest BCUT2D eigenvalue weighted by Gasteiger charge is 2.17. The van der Waals surface area contributed by atoms with Crippen LogP contribution in [0.1, 0.15) is 25.3 Å². The highest BCUT2D eigenvalue weighted by atomic mass is 15.1. The van der Waals surface area contributed by atoms with Gasteiger partial charge in [0.25, 0.3) is 0 Å². The van der Waals surface area contributed by atoms with Gasteiger partial charge >= 0.3 is 0 Å². The lowest BCUT2D eigenvalue weighted by Crippen LogP contribution is -2.34. The fourth-order valence-corrected chi connectivity index (χ4v) is 2.44. The van der Waals surface area contributed by atoms with Crippen LogP contribution in [0.3, 0.4) is 0 Å². The van der Waals surface area contributed by atoms with Gasteiger partial charge in [0, 0.05) is 24.5 Å². The minimum Gasteiger partial charge on any atom is -0.399 e. The van der Waals surface area contributed by atoms with Crippen molar-refractivity contribution in [3.8, 4) is 0 Å². The largest absolute Gasteiger partial charge is 0.399 e. The van der Waals surface area contributed by atoms with E-state index in [9.17, 15) is 0 Å². The van der Waals surface area contributed by atoms with Crippen LogP contribution in [0.25, 0.3) is 0 Å². The molecule has 1 heterocycles. The Morgan fingerprint density at radius 2 is 2.20 bits per heavy atom. The van der Waals surface area contributed by atoms with Gasteiger partial charge in [-0.2, -0.15) is 0 Å². The molecule has 0 bridgehead atoms. The second kappa shape index (κ2) is 4.13. The molecule has 0 unspecified atom stereocenters. The van der Waals surface area contributed by atoms with Crippen molar-refractivity contribution in [3.63, 3.8) is 0 Å². The topological polar surface area (TPSA) is 29.3 Å². The maximum absolute atomic E-state index is 5.77. The summed E-state index contributed by atoms with van der Waals surface area (Å²) in [5.41, 5.74) is 9.28. The second-order valence-corrected chi connectivity index (χ2v) is 4.74. The molecule has 1 aliphatic rings. The number of nitrogens with zero attached hydrogens (tertiary/aromatic N) is 1. The van der Waals surface area contributed by atoms with Gasteiger partial charge in [-0.25, -0.2) is 0 Å². The van der Waals surface area contributed by atoms with Gasteiger partial charge in [-0.05, 0) is 49.4 Å². The average molecular weight is 204 g/mol. The van der Waals surface area contributed by atoms with Crippen LogP contribution >= 0.6 is 0 Å². The van der Waals surface area contributed by atoms with Gasteiger partial charge in [-0.1, -0.05) is 6.92 Å². The van der Waals surface area contributed by atoms with E-state index in [2.05, 4.69) is 30.9 Å². The Balaban J connectivity index is 2.21. The Kier molecular flexibility index (Phi) is 2.85. The fraction of sp³-hybridized carbons (Fsp3) is 0.538. The smallest absolute Gasteiger partial charge is 0.0397 e. The lowest BCUT2D eigenvalue weighted by Gasteiger charge is -2.33. The number of nitrogen functional groups attached to an aromatic ring is 1. The molecule has 0 aromatic heterocycles. The van der Waals surface area contributed by atoms with Gasteiger partial charge in [0.15, 0.2) is 0 Å². The Morgan fingerprint density at radius 1 is 1.40 bits per heavy atom. The molecule has 2 rings (SSSR count). The molecule has 2 nitrogen and oxygen atoms in total. The SMILES string of the molecule is Cc1cc(N)ccc1N1CCC[C@H](C)C1. The number of piperidine rings is 1. The van der Waals surface area contributed by atoms with Crippen LogP contribution in [-0.4, -0.2) is 13.1 Å². The Hall–Kier alpha value is -1.18. The van der Waals surface area contributed by atoms with E-state index in [1.165, 1.54) is 37.2 Å². The number of benzene rings is 1. The zero-order valence-corrected chi connectivity index (χ0v) is 9.66. The lowest BCUT2D eigenvalue weighted by atomic mass is 9.99. The summed E-state index contributed by atoms with van der Waals surface area (Å²) in [6, 6.07) is 6.22. The maximum Gasteiger partial charge on any atom is 0.0397 e. The summed E-state index contributed by atoms with van der Waals surface area (Å²) < 4.78 is 0. The summed E-state index contributed by atoms with van der Waals surface area (Å²) >= 11 is 0. The van der Waals surface area contributed by atoms with Gasteiger partial charge in [0.1, 0.15) is 0 Å². The van der Waals surface area contributed by atoms with Gasteiger partial charge < -0.3 is 10.6 Å². The third-order valence-electron chi connectivity index (χ3n) is 3.22. The summed E-state index contributed by atoms with van der Waals surface area (Å²) in [5, 5.41) is 0. The number of aryl methyl sites for hydroxylation is 1. The molecular weight excluding hydrogens is 184 g/mol. The first-order valence-electron chi connectivity index (χ1n) is 5.78. The summed E-state index contributed by atoms with van der Waals surface area (Å²) in [4.78, 5) is 2.49. The average Bonchev–Trinajstić information content (AvgIpc) is 2.17. The summed E-state index contributed by atoms with van der Waals surface area (Å²) in [6.07, 6.45) is 2.68. The van der Waals surface area contributed by atoms with Crippen LogP contribution in [0.15, 0.2) is 18.2 Å². The van der Waals surface area contributed by atoms with Crippen molar-refractivity contribution < 1.29 is 0 Å². The van der Waals surface area contributed by atoms with E-state index in [1.807, 2.05) is 6.07 Å². The van der Waals surface area contributed by atoms with E-state index in [0.717, 1.165) is 11.6 Å². The molecule has 2 N–H and O–H groups in total. The Bertz CT molecular complexity index is 346. The minimum atomic E-state index is 0.815. The third kappa shape index (κ3) is 2.25. The number of nitrogens with two attached hydrogens (primary N) is 1. The number of anilines is 2. The van der Waals surface area contributed by atoms with E-state index in [1.54, 1.807) is 0 Å². The van der Waals surface area contributed by atoms with Crippen LogP contribution in [-0.2, 0) is 0 Å². The molecule has 0 amide bonds. The zero-order valence-electron chi connectivity index (χ0n) is 9.66. The van der Waals surface area contributed by atoms with E-state index < -0.39 is 0 Å². The highest BCUT2D eigenvalue weighted by molar-refractivity contribution is 5.59. The fourth-order valence-electron chi connectivity index (χ4n) is 2.44. The molecule has 1 saturated heterocycles. The summed E-state index contributed by atoms with van der Waals surface area (Å²) in [6.45, 7) is 6.85. The predicted octanol–water partition coefficient (Wildman–Crippen LogP) is 2.81. The maximum atomic E-state index is 5.77. The first-order chi connectivity index (χ1) is 7.16. The quantitative estimate of drug-likeness (QED) is 0.713. The highest BCUT2D eigenvalue weighted by Crippen LogP contribution is 2.27. The van der Waals surface area contributed by atoms with Crippen LogP contribution in [0.5, 0.6) is 0 Å². The van der Waals surface area contributed by atoms with Crippen LogP contribution in [0, 0.1) is 12.8 Å². The van der Waals surface area contributed by atoms with E-state index in [0.29, 0.717) is 0 Å². The van der Waals surface area contributed by atoms with Crippen LogP contribution < -0.4 is 10.6 Å². The van der Waals surface area contributed by atoms with E-state index >= 15 is 0 Å². The van der Waals surface area contributed by atoms with Crippen LogP contribution in [0.4, 0.5) is 11.4 Å². The van der Waals surface area contributed by atoms with Crippen molar-refractivity contribution in [1.29, 1.82) is 0 Å². The van der Waals surface area contributed by atoms with Crippen LogP contribution in [0.2, 0.25) is 0 Å². The van der Waals surface area contributed by atoms with Crippen molar-refractivity contribution in [1.82, 2.24) is 0 Å². The molecule has 0 radical (unpaired) electrons. The van der Waals surface area contributed by atoms with Crippen molar-refractivity contribution in [2.45, 2.75) is 26.7 Å². The molecule has 1 aromatic rings. The molecule has 15 heavy (non-hydrogen) atoms. The molecule has 1 aliphatic heterocycles. The summed E-state index contributed by atoms with van der Waals surface area (Å²) in [5.74, 6) is 0.815. The van der Waals surface area contributed by atoms with Crippen molar-refractivity contribution in [2.24, 2.45) is 5.92 Å². The van der Waals surface area contributed by atoms with E-state index in [4.69, 9.17) is 5.73 Å². The molecule has 1 atom stereocenters. The van der Waals surface area contributed by atoms with Gasteiger partial charge in [-0.15, -0.1) is 0 Å².